The minimum atomic E-state index is -0.525. The zero-order valence-electron chi connectivity index (χ0n) is 14.6. The van der Waals surface area contributed by atoms with Crippen LogP contribution >= 0.6 is 0 Å². The van der Waals surface area contributed by atoms with E-state index in [4.69, 9.17) is 15.2 Å². The lowest BCUT2D eigenvalue weighted by Gasteiger charge is -2.11. The van der Waals surface area contributed by atoms with Gasteiger partial charge in [-0.15, -0.1) is 0 Å². The second kappa shape index (κ2) is 8.35. The monoisotopic (exact) mass is 354 g/mol. The van der Waals surface area contributed by atoms with Crippen LogP contribution in [0.25, 0.3) is 11.0 Å². The Kier molecular flexibility index (Phi) is 5.70. The van der Waals surface area contributed by atoms with Crippen molar-refractivity contribution in [3.05, 3.63) is 53.9 Å². The van der Waals surface area contributed by atoms with Gasteiger partial charge >= 0.3 is 0 Å². The third-order valence-corrected chi connectivity index (χ3v) is 3.90. The first kappa shape index (κ1) is 17.8. The maximum atomic E-state index is 10.8. The summed E-state index contributed by atoms with van der Waals surface area (Å²) >= 11 is 0. The molecule has 7 heteroatoms. The summed E-state index contributed by atoms with van der Waals surface area (Å²) in [5.74, 6) is 1.51. The number of rotatable bonds is 9. The second-order valence-corrected chi connectivity index (χ2v) is 5.87. The van der Waals surface area contributed by atoms with Gasteiger partial charge in [0.1, 0.15) is 5.82 Å². The maximum absolute atomic E-state index is 10.8. The van der Waals surface area contributed by atoms with Crippen LogP contribution in [0.3, 0.4) is 0 Å². The van der Waals surface area contributed by atoms with Gasteiger partial charge in [0.15, 0.2) is 18.1 Å². The number of primary amides is 1. The number of benzene rings is 2. The maximum Gasteiger partial charge on any atom is 0.255 e. The summed E-state index contributed by atoms with van der Waals surface area (Å²) in [6.07, 6.45) is 0.811. The number of amides is 1. The largest absolute Gasteiger partial charge is 0.493 e. The second-order valence-electron chi connectivity index (χ2n) is 5.87. The van der Waals surface area contributed by atoms with Crippen molar-refractivity contribution >= 4 is 16.9 Å². The van der Waals surface area contributed by atoms with Crippen LogP contribution in [0.15, 0.2) is 42.5 Å². The molecule has 1 amide bonds. The molecule has 0 aliphatic heterocycles. The number of hydrogen-bond acceptors (Lipinski definition) is 5. The van der Waals surface area contributed by atoms with Crippen LogP contribution in [0.1, 0.15) is 11.4 Å². The van der Waals surface area contributed by atoms with Gasteiger partial charge in [0, 0.05) is 19.5 Å². The number of nitrogens with two attached hydrogens (primary N) is 1. The molecule has 3 rings (SSSR count). The van der Waals surface area contributed by atoms with E-state index in [-0.39, 0.29) is 6.61 Å². The Bertz CT molecular complexity index is 858. The van der Waals surface area contributed by atoms with Crippen molar-refractivity contribution < 1.29 is 14.3 Å². The summed E-state index contributed by atoms with van der Waals surface area (Å²) in [7, 11) is 1.56. The minimum absolute atomic E-state index is 0.175. The molecule has 0 spiro atoms. The van der Waals surface area contributed by atoms with Gasteiger partial charge in [0.2, 0.25) is 0 Å². The number of carbonyl (C=O) groups is 1. The number of para-hydroxylation sites is 2. The highest BCUT2D eigenvalue weighted by atomic mass is 16.5. The van der Waals surface area contributed by atoms with Crippen LogP contribution in [0.4, 0.5) is 0 Å². The number of aromatic nitrogens is 2. The zero-order valence-corrected chi connectivity index (χ0v) is 14.6. The molecular weight excluding hydrogens is 332 g/mol. The van der Waals surface area contributed by atoms with Gasteiger partial charge in [-0.25, -0.2) is 4.98 Å². The fraction of sp³-hybridized carbons (Fsp3) is 0.263. The van der Waals surface area contributed by atoms with E-state index < -0.39 is 5.91 Å². The van der Waals surface area contributed by atoms with Crippen molar-refractivity contribution in [1.82, 2.24) is 15.3 Å². The highest BCUT2D eigenvalue weighted by molar-refractivity contribution is 5.75. The molecular formula is C19H22N4O3. The zero-order chi connectivity index (χ0) is 18.4. The standard InChI is InChI=1S/C19H22N4O3/c1-25-17-10-13(6-7-16(17)26-12-18(20)24)11-21-9-8-19-22-14-4-2-3-5-15(14)23-19/h2-7,10,21H,8-9,11-12H2,1H3,(H2,20,24)(H,22,23). The van der Waals surface area contributed by atoms with Crippen LogP contribution < -0.4 is 20.5 Å². The van der Waals surface area contributed by atoms with Crippen molar-refractivity contribution in [2.24, 2.45) is 5.73 Å². The van der Waals surface area contributed by atoms with Crippen molar-refractivity contribution in [3.8, 4) is 11.5 Å². The molecule has 26 heavy (non-hydrogen) atoms. The molecule has 0 saturated heterocycles. The van der Waals surface area contributed by atoms with Crippen LogP contribution in [0.2, 0.25) is 0 Å². The number of nitrogens with one attached hydrogen (secondary N) is 2. The number of H-pyrrole nitrogens is 1. The van der Waals surface area contributed by atoms with E-state index in [1.165, 1.54) is 0 Å². The average molecular weight is 354 g/mol. The van der Waals surface area contributed by atoms with E-state index >= 15 is 0 Å². The van der Waals surface area contributed by atoms with Gasteiger partial charge in [-0.2, -0.15) is 0 Å². The topological polar surface area (TPSA) is 102 Å². The van der Waals surface area contributed by atoms with Crippen LogP contribution in [-0.4, -0.2) is 36.1 Å². The van der Waals surface area contributed by atoms with Gasteiger partial charge < -0.3 is 25.5 Å². The summed E-state index contributed by atoms with van der Waals surface area (Å²) < 4.78 is 10.6. The molecule has 3 aromatic rings. The molecule has 0 aliphatic carbocycles. The molecule has 0 unspecified atom stereocenters. The number of ether oxygens (including phenoxy) is 2. The number of hydrogen-bond donors (Lipinski definition) is 3. The summed E-state index contributed by atoms with van der Waals surface area (Å²) in [5.41, 5.74) is 8.19. The highest BCUT2D eigenvalue weighted by Crippen LogP contribution is 2.27. The molecule has 0 aliphatic rings. The predicted octanol–water partition coefficient (Wildman–Crippen LogP) is 1.77. The Morgan fingerprint density at radius 3 is 2.85 bits per heavy atom. The first-order valence-corrected chi connectivity index (χ1v) is 8.38. The number of nitrogens with zero attached hydrogens (tertiary/aromatic N) is 1. The Balaban J connectivity index is 1.51. The van der Waals surface area contributed by atoms with E-state index in [9.17, 15) is 4.79 Å². The van der Waals surface area contributed by atoms with Crippen LogP contribution in [-0.2, 0) is 17.8 Å². The third-order valence-electron chi connectivity index (χ3n) is 3.90. The third kappa shape index (κ3) is 4.52. The summed E-state index contributed by atoms with van der Waals surface area (Å²) in [6.45, 7) is 1.31. The molecule has 0 saturated carbocycles. The fourth-order valence-electron chi connectivity index (χ4n) is 2.65. The molecule has 1 heterocycles. The van der Waals surface area contributed by atoms with Crippen LogP contribution in [0, 0.1) is 0 Å². The number of methoxy groups -OCH3 is 1. The van der Waals surface area contributed by atoms with Crippen molar-refractivity contribution in [2.75, 3.05) is 20.3 Å². The summed E-state index contributed by atoms with van der Waals surface area (Å²) in [4.78, 5) is 18.7. The Morgan fingerprint density at radius 1 is 1.23 bits per heavy atom. The summed E-state index contributed by atoms with van der Waals surface area (Å²) in [6, 6.07) is 13.6. The van der Waals surface area contributed by atoms with E-state index in [1.54, 1.807) is 13.2 Å². The van der Waals surface area contributed by atoms with Gasteiger partial charge in [0.25, 0.3) is 5.91 Å². The minimum Gasteiger partial charge on any atom is -0.493 e. The van der Waals surface area contributed by atoms with Gasteiger partial charge in [-0.05, 0) is 29.8 Å². The number of fused-ring (bicyclic) bond motifs is 1. The molecule has 0 radical (unpaired) electrons. The molecule has 7 nitrogen and oxygen atoms in total. The lowest BCUT2D eigenvalue weighted by molar-refractivity contribution is -0.119. The predicted molar refractivity (Wildman–Crippen MR) is 99.2 cm³/mol. The molecule has 2 aromatic carbocycles. The normalized spacial score (nSPS) is 10.8. The van der Waals surface area contributed by atoms with E-state index in [0.717, 1.165) is 35.4 Å². The first-order valence-electron chi connectivity index (χ1n) is 8.38. The summed E-state index contributed by atoms with van der Waals surface area (Å²) in [5, 5.41) is 3.39. The Labute approximate surface area is 151 Å². The van der Waals surface area contributed by atoms with Crippen molar-refractivity contribution in [2.45, 2.75) is 13.0 Å². The van der Waals surface area contributed by atoms with Crippen LogP contribution in [0.5, 0.6) is 11.5 Å². The molecule has 0 fully saturated rings. The lowest BCUT2D eigenvalue weighted by atomic mass is 10.2. The first-order chi connectivity index (χ1) is 12.7. The highest BCUT2D eigenvalue weighted by Gasteiger charge is 2.07. The number of carbonyl (C=O) groups excluding carboxylic acids is 1. The van der Waals surface area contributed by atoms with Crippen molar-refractivity contribution in [3.63, 3.8) is 0 Å². The Hall–Kier alpha value is -3.06. The molecule has 4 N–H and O–H groups in total. The average Bonchev–Trinajstić information content (AvgIpc) is 3.06. The fourth-order valence-corrected chi connectivity index (χ4v) is 2.65. The van der Waals surface area contributed by atoms with Gasteiger partial charge in [0.05, 0.1) is 18.1 Å². The number of aromatic amines is 1. The lowest BCUT2D eigenvalue weighted by Crippen LogP contribution is -2.20. The van der Waals surface area contributed by atoms with E-state index in [0.29, 0.717) is 18.0 Å². The molecule has 0 atom stereocenters. The smallest absolute Gasteiger partial charge is 0.255 e. The van der Waals surface area contributed by atoms with Gasteiger partial charge in [-0.3, -0.25) is 4.79 Å². The van der Waals surface area contributed by atoms with E-state index in [2.05, 4.69) is 15.3 Å². The molecule has 0 bridgehead atoms. The SMILES string of the molecule is COc1cc(CNCCc2nc3ccccc3[nH]2)ccc1OCC(N)=O. The van der Waals surface area contributed by atoms with E-state index in [1.807, 2.05) is 36.4 Å². The van der Waals surface area contributed by atoms with Gasteiger partial charge in [-0.1, -0.05) is 18.2 Å². The van der Waals surface area contributed by atoms with Crippen molar-refractivity contribution in [1.29, 1.82) is 0 Å². The number of imidazole rings is 1. The molecule has 1 aromatic heterocycles. The Morgan fingerprint density at radius 2 is 2.08 bits per heavy atom. The quantitative estimate of drug-likeness (QED) is 0.508. The molecule has 136 valence electrons.